The first kappa shape index (κ1) is 24.9. The van der Waals surface area contributed by atoms with Crippen LogP contribution in [0.2, 0.25) is 0 Å². The number of aromatic nitrogens is 1. The smallest absolute Gasteiger partial charge is 0.193 e. The molecule has 1 fully saturated rings. The summed E-state index contributed by atoms with van der Waals surface area (Å²) in [5, 5.41) is 6.81. The Hall–Kier alpha value is -1.39. The Labute approximate surface area is 201 Å². The Morgan fingerprint density at radius 3 is 2.67 bits per heavy atom. The molecule has 0 spiro atoms. The Kier molecular flexibility index (Phi) is 10.3. The third-order valence-corrected chi connectivity index (χ3v) is 6.24. The topological polar surface area (TPSA) is 53.0 Å². The van der Waals surface area contributed by atoms with Crippen LogP contribution in [-0.4, -0.2) is 61.6 Å². The number of nitrogens with one attached hydrogen (secondary N) is 1. The number of guanidine groups is 1. The van der Waals surface area contributed by atoms with Crippen LogP contribution in [0, 0.1) is 6.92 Å². The molecule has 1 N–H and O–H groups in total. The summed E-state index contributed by atoms with van der Waals surface area (Å²) in [5.74, 6) is 1.83. The molecule has 1 aromatic heterocycles. The second-order valence-electron chi connectivity index (χ2n) is 7.50. The first-order chi connectivity index (χ1) is 14.1. The molecule has 2 heterocycles. The number of piperidine rings is 1. The van der Waals surface area contributed by atoms with Gasteiger partial charge in [-0.05, 0) is 38.9 Å². The van der Waals surface area contributed by atoms with E-state index in [1.165, 1.54) is 24.8 Å². The lowest BCUT2D eigenvalue weighted by molar-refractivity contribution is 0.161. The van der Waals surface area contributed by atoms with Gasteiger partial charge in [0.25, 0.3) is 0 Å². The van der Waals surface area contributed by atoms with Crippen LogP contribution < -0.4 is 10.1 Å². The van der Waals surface area contributed by atoms with Gasteiger partial charge in [-0.2, -0.15) is 0 Å². The predicted octanol–water partition coefficient (Wildman–Crippen LogP) is 4.31. The summed E-state index contributed by atoms with van der Waals surface area (Å²) in [5.41, 5.74) is 2.31. The van der Waals surface area contributed by atoms with Crippen molar-refractivity contribution in [2.75, 3.05) is 40.8 Å². The summed E-state index contributed by atoms with van der Waals surface area (Å²) in [6.07, 6.45) is 3.83. The van der Waals surface area contributed by atoms with Crippen molar-refractivity contribution in [3.8, 4) is 5.75 Å². The maximum Gasteiger partial charge on any atom is 0.193 e. The van der Waals surface area contributed by atoms with Crippen molar-refractivity contribution < 1.29 is 4.74 Å². The molecular formula is C22H34IN5OS. The monoisotopic (exact) mass is 543 g/mol. The van der Waals surface area contributed by atoms with E-state index in [9.17, 15) is 0 Å². The van der Waals surface area contributed by atoms with Crippen molar-refractivity contribution in [1.29, 1.82) is 0 Å². The van der Waals surface area contributed by atoms with Gasteiger partial charge in [-0.25, -0.2) is 4.98 Å². The molecular weight excluding hydrogens is 509 g/mol. The van der Waals surface area contributed by atoms with Crippen LogP contribution in [0.15, 0.2) is 34.6 Å². The van der Waals surface area contributed by atoms with Crippen LogP contribution in [0.3, 0.4) is 0 Å². The largest absolute Gasteiger partial charge is 0.496 e. The van der Waals surface area contributed by atoms with Gasteiger partial charge < -0.3 is 15.0 Å². The number of likely N-dealkylation sites (tertiary alicyclic amines) is 1. The van der Waals surface area contributed by atoms with Crippen LogP contribution in [0.25, 0.3) is 0 Å². The highest BCUT2D eigenvalue weighted by atomic mass is 127. The summed E-state index contributed by atoms with van der Waals surface area (Å²) in [6.45, 7) is 5.81. The van der Waals surface area contributed by atoms with E-state index in [-0.39, 0.29) is 30.0 Å². The molecule has 166 valence electrons. The van der Waals surface area contributed by atoms with Crippen molar-refractivity contribution in [3.63, 3.8) is 0 Å². The third kappa shape index (κ3) is 6.55. The number of rotatable bonds is 7. The number of benzene rings is 1. The second-order valence-corrected chi connectivity index (χ2v) is 8.56. The molecule has 1 aromatic carbocycles. The lowest BCUT2D eigenvalue weighted by atomic mass is 10.0. The fraction of sp³-hybridized carbons (Fsp3) is 0.545. The summed E-state index contributed by atoms with van der Waals surface area (Å²) in [6, 6.07) is 8.62. The SMILES string of the molecule is CN=C(NCC(c1ccccc1OC)N1CCCCC1)N(C)Cc1csc(C)n1.I. The molecule has 1 atom stereocenters. The number of aliphatic imine (C=N–C) groups is 1. The maximum atomic E-state index is 5.68. The highest BCUT2D eigenvalue weighted by Gasteiger charge is 2.25. The molecule has 1 unspecified atom stereocenters. The molecule has 0 saturated carbocycles. The number of nitrogens with zero attached hydrogens (tertiary/aromatic N) is 4. The van der Waals surface area contributed by atoms with Crippen LogP contribution in [-0.2, 0) is 6.54 Å². The third-order valence-electron chi connectivity index (χ3n) is 5.42. The molecule has 3 rings (SSSR count). The number of aryl methyl sites for hydroxylation is 1. The molecule has 0 aliphatic carbocycles. The number of methoxy groups -OCH3 is 1. The molecule has 2 aromatic rings. The van der Waals surface area contributed by atoms with Gasteiger partial charge in [-0.15, -0.1) is 35.3 Å². The molecule has 6 nitrogen and oxygen atoms in total. The Morgan fingerprint density at radius 2 is 2.03 bits per heavy atom. The molecule has 0 bridgehead atoms. The van der Waals surface area contributed by atoms with E-state index in [0.717, 1.165) is 48.6 Å². The normalized spacial score (nSPS) is 15.9. The fourth-order valence-corrected chi connectivity index (χ4v) is 4.58. The Morgan fingerprint density at radius 1 is 1.30 bits per heavy atom. The summed E-state index contributed by atoms with van der Waals surface area (Å²) >= 11 is 1.69. The van der Waals surface area contributed by atoms with Crippen LogP contribution in [0.1, 0.15) is 41.6 Å². The lowest BCUT2D eigenvalue weighted by Gasteiger charge is -2.36. The van der Waals surface area contributed by atoms with Gasteiger partial charge in [0.1, 0.15) is 5.75 Å². The van der Waals surface area contributed by atoms with Crippen LogP contribution >= 0.6 is 35.3 Å². The molecule has 8 heteroatoms. The summed E-state index contributed by atoms with van der Waals surface area (Å²) < 4.78 is 5.68. The fourth-order valence-electron chi connectivity index (χ4n) is 3.98. The number of halogens is 1. The number of thiazole rings is 1. The zero-order valence-corrected chi connectivity index (χ0v) is 21.6. The van der Waals surface area contributed by atoms with Crippen molar-refractivity contribution in [3.05, 3.63) is 45.9 Å². The van der Waals surface area contributed by atoms with Crippen molar-refractivity contribution in [2.45, 2.75) is 38.8 Å². The number of hydrogen-bond donors (Lipinski definition) is 1. The van der Waals surface area contributed by atoms with Gasteiger partial charge in [0.05, 0.1) is 30.4 Å². The molecule has 1 saturated heterocycles. The average molecular weight is 544 g/mol. The first-order valence-corrected chi connectivity index (χ1v) is 11.2. The van der Waals surface area contributed by atoms with Crippen LogP contribution in [0.5, 0.6) is 5.75 Å². The summed E-state index contributed by atoms with van der Waals surface area (Å²) in [7, 11) is 5.65. The van der Waals surface area contributed by atoms with Gasteiger partial charge in [-0.1, -0.05) is 24.6 Å². The molecule has 0 amide bonds. The maximum absolute atomic E-state index is 5.68. The van der Waals surface area contributed by atoms with E-state index in [2.05, 4.69) is 55.7 Å². The van der Waals surface area contributed by atoms with Gasteiger partial charge in [0, 0.05) is 31.6 Å². The minimum atomic E-state index is 0. The first-order valence-electron chi connectivity index (χ1n) is 10.3. The number of hydrogen-bond acceptors (Lipinski definition) is 5. The van der Waals surface area contributed by atoms with Crippen molar-refractivity contribution in [2.24, 2.45) is 4.99 Å². The van der Waals surface area contributed by atoms with E-state index in [4.69, 9.17) is 4.74 Å². The number of ether oxygens (including phenoxy) is 1. The second kappa shape index (κ2) is 12.5. The van der Waals surface area contributed by atoms with E-state index >= 15 is 0 Å². The quantitative estimate of drug-likeness (QED) is 0.321. The van der Waals surface area contributed by atoms with Gasteiger partial charge in [0.2, 0.25) is 0 Å². The minimum absolute atomic E-state index is 0. The molecule has 30 heavy (non-hydrogen) atoms. The standard InChI is InChI=1S/C22H33N5OS.HI/c1-17-25-18(16-29-17)15-26(3)22(23-2)24-14-20(27-12-8-5-9-13-27)19-10-6-7-11-21(19)28-4;/h6-7,10-11,16,20H,5,8-9,12-15H2,1-4H3,(H,23,24);1H. The van der Waals surface area contributed by atoms with Crippen LogP contribution in [0.4, 0.5) is 0 Å². The molecule has 1 aliphatic heterocycles. The zero-order valence-electron chi connectivity index (χ0n) is 18.4. The van der Waals surface area contributed by atoms with E-state index in [1.54, 1.807) is 18.4 Å². The Balaban J connectivity index is 0.00000320. The van der Waals surface area contributed by atoms with Gasteiger partial charge in [-0.3, -0.25) is 9.89 Å². The Bertz CT molecular complexity index is 806. The highest BCUT2D eigenvalue weighted by Crippen LogP contribution is 2.30. The highest BCUT2D eigenvalue weighted by molar-refractivity contribution is 14.0. The van der Waals surface area contributed by atoms with E-state index in [1.807, 2.05) is 20.0 Å². The number of para-hydroxylation sites is 1. The summed E-state index contributed by atoms with van der Waals surface area (Å²) in [4.78, 5) is 13.8. The molecule has 1 aliphatic rings. The average Bonchev–Trinajstić information content (AvgIpc) is 3.16. The molecule has 0 radical (unpaired) electrons. The van der Waals surface area contributed by atoms with E-state index in [0.29, 0.717) is 0 Å². The van der Waals surface area contributed by atoms with Crippen molar-refractivity contribution >= 4 is 41.3 Å². The van der Waals surface area contributed by atoms with Gasteiger partial charge >= 0.3 is 0 Å². The predicted molar refractivity (Wildman–Crippen MR) is 136 cm³/mol. The minimum Gasteiger partial charge on any atom is -0.496 e. The van der Waals surface area contributed by atoms with Gasteiger partial charge in [0.15, 0.2) is 5.96 Å². The van der Waals surface area contributed by atoms with Crippen molar-refractivity contribution in [1.82, 2.24) is 20.1 Å². The zero-order chi connectivity index (χ0) is 20.6. The van der Waals surface area contributed by atoms with E-state index < -0.39 is 0 Å². The lowest BCUT2D eigenvalue weighted by Crippen LogP contribution is -2.45.